The van der Waals surface area contributed by atoms with Crippen LogP contribution < -0.4 is 0 Å². The predicted molar refractivity (Wildman–Crippen MR) is 77.4 cm³/mol. The number of non-ortho nitro benzene ring substituents is 1. The van der Waals surface area contributed by atoms with E-state index in [0.717, 1.165) is 22.1 Å². The Kier molecular flexibility index (Phi) is 2.28. The van der Waals surface area contributed by atoms with Crippen molar-refractivity contribution in [3.63, 3.8) is 0 Å². The summed E-state index contributed by atoms with van der Waals surface area (Å²) in [6, 6.07) is 8.43. The minimum Gasteiger partial charge on any atom is -0.346 e. The fourth-order valence-electron chi connectivity index (χ4n) is 2.39. The summed E-state index contributed by atoms with van der Waals surface area (Å²) in [6.45, 7) is 0. The number of H-pyrrole nitrogens is 1. The number of aromatic amines is 1. The van der Waals surface area contributed by atoms with Gasteiger partial charge in [-0.15, -0.1) is 0 Å². The van der Waals surface area contributed by atoms with Crippen molar-refractivity contribution in [3.05, 3.63) is 59.0 Å². The van der Waals surface area contributed by atoms with Crippen LogP contribution in [0.4, 0.5) is 5.69 Å². The highest BCUT2D eigenvalue weighted by atomic mass is 16.6. The molecule has 0 aliphatic carbocycles. The van der Waals surface area contributed by atoms with Gasteiger partial charge in [0.05, 0.1) is 16.1 Å². The standard InChI is InChI=1S/C14H9N5O2/c20-19(21)10-2-1-9-8-18(17-12(9)7-10)13-4-6-16-14-11(13)3-5-15-14/h1-8H,(H,15,16). The number of nitrogens with zero attached hydrogens (tertiary/aromatic N) is 4. The molecule has 0 saturated heterocycles. The van der Waals surface area contributed by atoms with E-state index in [1.165, 1.54) is 12.1 Å². The molecule has 7 nitrogen and oxygen atoms in total. The van der Waals surface area contributed by atoms with E-state index in [-0.39, 0.29) is 5.69 Å². The molecular weight excluding hydrogens is 270 g/mol. The normalized spacial score (nSPS) is 11.2. The zero-order valence-electron chi connectivity index (χ0n) is 10.7. The van der Waals surface area contributed by atoms with Crippen LogP contribution in [0.25, 0.3) is 27.6 Å². The number of aromatic nitrogens is 4. The van der Waals surface area contributed by atoms with Crippen LogP contribution in [0.15, 0.2) is 48.9 Å². The Balaban J connectivity index is 1.94. The molecule has 0 atom stereocenters. The van der Waals surface area contributed by atoms with Crippen molar-refractivity contribution in [2.75, 3.05) is 0 Å². The Morgan fingerprint density at radius 1 is 1.24 bits per heavy atom. The fourth-order valence-corrected chi connectivity index (χ4v) is 2.39. The number of nitro benzene ring substituents is 1. The maximum Gasteiger partial charge on any atom is 0.271 e. The van der Waals surface area contributed by atoms with Crippen LogP contribution in [0.5, 0.6) is 0 Å². The summed E-state index contributed by atoms with van der Waals surface area (Å²) >= 11 is 0. The van der Waals surface area contributed by atoms with Crippen LogP contribution in [0.1, 0.15) is 0 Å². The van der Waals surface area contributed by atoms with E-state index >= 15 is 0 Å². The van der Waals surface area contributed by atoms with Crippen molar-refractivity contribution in [2.24, 2.45) is 0 Å². The lowest BCUT2D eigenvalue weighted by atomic mass is 10.2. The lowest BCUT2D eigenvalue weighted by molar-refractivity contribution is -0.384. The van der Waals surface area contributed by atoms with Crippen LogP contribution in [-0.2, 0) is 0 Å². The van der Waals surface area contributed by atoms with Crippen molar-refractivity contribution in [2.45, 2.75) is 0 Å². The second-order valence-electron chi connectivity index (χ2n) is 4.64. The van der Waals surface area contributed by atoms with Gasteiger partial charge in [-0.2, -0.15) is 5.10 Å². The molecule has 3 aromatic heterocycles. The van der Waals surface area contributed by atoms with E-state index in [0.29, 0.717) is 5.52 Å². The van der Waals surface area contributed by atoms with Gasteiger partial charge in [0.25, 0.3) is 5.69 Å². The Morgan fingerprint density at radius 2 is 2.14 bits per heavy atom. The van der Waals surface area contributed by atoms with Crippen LogP contribution >= 0.6 is 0 Å². The second-order valence-corrected chi connectivity index (χ2v) is 4.64. The molecule has 21 heavy (non-hydrogen) atoms. The number of pyridine rings is 1. The Labute approximate surface area is 118 Å². The number of rotatable bonds is 2. The van der Waals surface area contributed by atoms with Crippen molar-refractivity contribution in [3.8, 4) is 5.69 Å². The van der Waals surface area contributed by atoms with E-state index in [9.17, 15) is 10.1 Å². The average Bonchev–Trinajstić information content (AvgIpc) is 3.12. The predicted octanol–water partition coefficient (Wildman–Crippen LogP) is 2.81. The largest absolute Gasteiger partial charge is 0.346 e. The molecule has 0 bridgehead atoms. The Morgan fingerprint density at radius 3 is 3.00 bits per heavy atom. The summed E-state index contributed by atoms with van der Waals surface area (Å²) in [7, 11) is 0. The highest BCUT2D eigenvalue weighted by molar-refractivity contribution is 5.86. The number of hydrogen-bond acceptors (Lipinski definition) is 4. The van der Waals surface area contributed by atoms with Crippen molar-refractivity contribution in [1.29, 1.82) is 0 Å². The molecule has 4 aromatic rings. The van der Waals surface area contributed by atoms with Gasteiger partial charge in [0.1, 0.15) is 5.65 Å². The molecule has 0 fully saturated rings. The number of fused-ring (bicyclic) bond motifs is 2. The molecule has 0 unspecified atom stereocenters. The van der Waals surface area contributed by atoms with Gasteiger partial charge in [-0.25, -0.2) is 9.67 Å². The molecule has 7 heteroatoms. The van der Waals surface area contributed by atoms with Crippen LogP contribution in [0, 0.1) is 10.1 Å². The number of nitrogens with one attached hydrogen (secondary N) is 1. The maximum absolute atomic E-state index is 10.8. The van der Waals surface area contributed by atoms with Crippen LogP contribution in [0.3, 0.4) is 0 Å². The summed E-state index contributed by atoms with van der Waals surface area (Å²) in [6.07, 6.45) is 5.36. The maximum atomic E-state index is 10.8. The van der Waals surface area contributed by atoms with Gasteiger partial charge in [-0.05, 0) is 18.2 Å². The van der Waals surface area contributed by atoms with Gasteiger partial charge >= 0.3 is 0 Å². The molecule has 1 aromatic carbocycles. The van der Waals surface area contributed by atoms with Gasteiger partial charge in [-0.3, -0.25) is 10.1 Å². The second kappa shape index (κ2) is 4.14. The van der Waals surface area contributed by atoms with Gasteiger partial charge in [0.2, 0.25) is 0 Å². The van der Waals surface area contributed by atoms with Crippen molar-refractivity contribution in [1.82, 2.24) is 19.7 Å². The summed E-state index contributed by atoms with van der Waals surface area (Å²) < 4.78 is 1.71. The molecule has 0 aliphatic rings. The zero-order chi connectivity index (χ0) is 14.4. The molecule has 0 radical (unpaired) electrons. The monoisotopic (exact) mass is 279 g/mol. The topological polar surface area (TPSA) is 89.6 Å². The zero-order valence-corrected chi connectivity index (χ0v) is 10.7. The quantitative estimate of drug-likeness (QED) is 0.451. The molecule has 0 amide bonds. The molecule has 3 heterocycles. The summed E-state index contributed by atoms with van der Waals surface area (Å²) in [5.74, 6) is 0. The third-order valence-electron chi connectivity index (χ3n) is 3.39. The van der Waals surface area contributed by atoms with E-state index in [1.54, 1.807) is 16.9 Å². The minimum absolute atomic E-state index is 0.0364. The van der Waals surface area contributed by atoms with Crippen LogP contribution in [0.2, 0.25) is 0 Å². The third-order valence-corrected chi connectivity index (χ3v) is 3.39. The molecular formula is C14H9N5O2. The number of hydrogen-bond donors (Lipinski definition) is 1. The van der Waals surface area contributed by atoms with Crippen LogP contribution in [-0.4, -0.2) is 24.7 Å². The highest BCUT2D eigenvalue weighted by Gasteiger charge is 2.11. The Hall–Kier alpha value is -3.22. The fraction of sp³-hybridized carbons (Fsp3) is 0. The van der Waals surface area contributed by atoms with Gasteiger partial charge in [0.15, 0.2) is 0 Å². The smallest absolute Gasteiger partial charge is 0.271 e. The average molecular weight is 279 g/mol. The molecule has 0 spiro atoms. The van der Waals surface area contributed by atoms with E-state index in [4.69, 9.17) is 0 Å². The lowest BCUT2D eigenvalue weighted by Gasteiger charge is -2.01. The van der Waals surface area contributed by atoms with Crippen molar-refractivity contribution >= 4 is 27.6 Å². The Bertz CT molecular complexity index is 985. The van der Waals surface area contributed by atoms with Gasteiger partial charge in [-0.1, -0.05) is 0 Å². The van der Waals surface area contributed by atoms with Gasteiger partial charge in [0, 0.05) is 41.5 Å². The molecule has 4 rings (SSSR count). The SMILES string of the molecule is O=[N+]([O-])c1ccc2cn(-c3ccnc4[nH]ccc34)nc2c1. The van der Waals surface area contributed by atoms with E-state index in [1.807, 2.05) is 24.5 Å². The van der Waals surface area contributed by atoms with Crippen molar-refractivity contribution < 1.29 is 4.92 Å². The first-order chi connectivity index (χ1) is 10.2. The summed E-state index contributed by atoms with van der Waals surface area (Å²) in [4.78, 5) is 17.7. The highest BCUT2D eigenvalue weighted by Crippen LogP contribution is 2.24. The molecule has 0 aliphatic heterocycles. The summed E-state index contributed by atoms with van der Waals surface area (Å²) in [5.41, 5.74) is 2.28. The van der Waals surface area contributed by atoms with E-state index in [2.05, 4.69) is 15.1 Å². The number of nitro groups is 1. The van der Waals surface area contributed by atoms with E-state index < -0.39 is 4.92 Å². The molecule has 1 N–H and O–H groups in total. The van der Waals surface area contributed by atoms with Gasteiger partial charge < -0.3 is 4.98 Å². The first-order valence-corrected chi connectivity index (χ1v) is 6.29. The lowest BCUT2D eigenvalue weighted by Crippen LogP contribution is -1.95. The molecule has 102 valence electrons. The minimum atomic E-state index is -0.421. The first-order valence-electron chi connectivity index (χ1n) is 6.29. The third kappa shape index (κ3) is 1.75. The first kappa shape index (κ1) is 11.6. The number of benzene rings is 1. The summed E-state index contributed by atoms with van der Waals surface area (Å²) in [5, 5.41) is 17.0. The molecule has 0 saturated carbocycles.